The molecule has 2 aromatic rings. The second-order valence-electron chi connectivity index (χ2n) is 4.73. The Labute approximate surface area is 110 Å². The molecule has 0 atom stereocenters. The third-order valence-electron chi connectivity index (χ3n) is 3.70. The van der Waals surface area contributed by atoms with E-state index in [-0.39, 0.29) is 35.2 Å². The third-order valence-corrected chi connectivity index (χ3v) is 3.70. The van der Waals surface area contributed by atoms with Crippen LogP contribution in [-0.2, 0) is 0 Å². The van der Waals surface area contributed by atoms with Crippen molar-refractivity contribution in [1.82, 2.24) is 0 Å². The van der Waals surface area contributed by atoms with Gasteiger partial charge in [-0.25, -0.2) is 8.78 Å². The maximum absolute atomic E-state index is 14.6. The molecular weight excluding hydrogens is 264 g/mol. The Morgan fingerprint density at radius 1 is 0.800 bits per heavy atom. The molecule has 4 rings (SSSR count). The van der Waals surface area contributed by atoms with Crippen molar-refractivity contribution in [2.45, 2.75) is 6.92 Å². The molecule has 0 radical (unpaired) electrons. The number of nitrogens with zero attached hydrogens (tertiary/aromatic N) is 4. The first-order chi connectivity index (χ1) is 9.61. The lowest BCUT2D eigenvalue weighted by atomic mass is 10.0. The van der Waals surface area contributed by atoms with Gasteiger partial charge in [-0.1, -0.05) is 0 Å². The number of benzene rings is 2. The quantitative estimate of drug-likeness (QED) is 0.641. The van der Waals surface area contributed by atoms with E-state index in [0.717, 1.165) is 0 Å². The first-order valence-electron chi connectivity index (χ1n) is 6.08. The zero-order valence-corrected chi connectivity index (χ0v) is 10.5. The van der Waals surface area contributed by atoms with Crippen molar-refractivity contribution in [3.63, 3.8) is 0 Å². The summed E-state index contributed by atoms with van der Waals surface area (Å²) in [5.41, 5.74) is 6.00. The third kappa shape index (κ3) is 1.15. The monoisotopic (exact) mass is 273 g/mol. The largest absolute Gasteiger partial charge is 0.395 e. The molecule has 2 heterocycles. The molecule has 2 aliphatic rings. The number of halogens is 2. The SMILES string of the molecule is Cc1c(F)c2c3c(c(N)c(F)c2c2c1=NCN=2)=NCN=3. The number of nitrogen functional groups attached to an aromatic ring is 1. The minimum absolute atomic E-state index is 0.0569. The second kappa shape index (κ2) is 3.56. The number of nitrogens with two attached hydrogens (primary N) is 1. The minimum atomic E-state index is -0.699. The van der Waals surface area contributed by atoms with Gasteiger partial charge in [0.2, 0.25) is 0 Å². The lowest BCUT2D eigenvalue weighted by molar-refractivity contribution is 0.619. The fourth-order valence-electron chi connectivity index (χ4n) is 2.75. The van der Waals surface area contributed by atoms with Crippen LogP contribution in [0.3, 0.4) is 0 Å². The Kier molecular flexibility index (Phi) is 2.03. The number of hydrogen-bond donors (Lipinski definition) is 1. The Morgan fingerprint density at radius 2 is 1.30 bits per heavy atom. The Morgan fingerprint density at radius 3 is 2.00 bits per heavy atom. The zero-order valence-electron chi connectivity index (χ0n) is 10.5. The molecule has 0 aromatic heterocycles. The Hall–Kier alpha value is -2.44. The van der Waals surface area contributed by atoms with Gasteiger partial charge in [-0.3, -0.25) is 20.0 Å². The van der Waals surface area contributed by atoms with Gasteiger partial charge in [0.1, 0.15) is 24.5 Å². The predicted octanol–water partition coefficient (Wildman–Crippen LogP) is -0.571. The highest BCUT2D eigenvalue weighted by Gasteiger charge is 2.22. The average Bonchev–Trinajstić information content (AvgIpc) is 3.08. The number of rotatable bonds is 0. The second-order valence-corrected chi connectivity index (χ2v) is 4.73. The van der Waals surface area contributed by atoms with Crippen LogP contribution in [0.5, 0.6) is 0 Å². The van der Waals surface area contributed by atoms with Gasteiger partial charge < -0.3 is 5.73 Å². The Bertz CT molecular complexity index is 955. The topological polar surface area (TPSA) is 75.5 Å². The van der Waals surface area contributed by atoms with Gasteiger partial charge in [0.05, 0.1) is 32.5 Å². The van der Waals surface area contributed by atoms with Crippen LogP contribution in [0.15, 0.2) is 20.0 Å². The highest BCUT2D eigenvalue weighted by Crippen LogP contribution is 2.18. The molecule has 20 heavy (non-hydrogen) atoms. The highest BCUT2D eigenvalue weighted by molar-refractivity contribution is 5.87. The van der Waals surface area contributed by atoms with Crippen LogP contribution >= 0.6 is 0 Å². The summed E-state index contributed by atoms with van der Waals surface area (Å²) in [6.07, 6.45) is 0. The summed E-state index contributed by atoms with van der Waals surface area (Å²) in [6.45, 7) is 1.91. The van der Waals surface area contributed by atoms with Crippen LogP contribution in [0.2, 0.25) is 0 Å². The summed E-state index contributed by atoms with van der Waals surface area (Å²) < 4.78 is 29.1. The Balaban J connectivity index is 2.52. The first kappa shape index (κ1) is 11.4. The zero-order chi connectivity index (χ0) is 14.0. The van der Waals surface area contributed by atoms with Gasteiger partial charge in [-0.05, 0) is 6.92 Å². The van der Waals surface area contributed by atoms with Crippen molar-refractivity contribution in [3.8, 4) is 0 Å². The minimum Gasteiger partial charge on any atom is -0.395 e. The molecule has 0 saturated heterocycles. The molecule has 5 nitrogen and oxygen atoms in total. The van der Waals surface area contributed by atoms with Crippen LogP contribution < -0.4 is 27.2 Å². The molecule has 0 unspecified atom stereocenters. The molecule has 0 spiro atoms. The van der Waals surface area contributed by atoms with E-state index in [1.165, 1.54) is 0 Å². The van der Waals surface area contributed by atoms with Crippen molar-refractivity contribution in [3.05, 3.63) is 38.6 Å². The van der Waals surface area contributed by atoms with Crippen LogP contribution in [0.25, 0.3) is 10.8 Å². The fourth-order valence-corrected chi connectivity index (χ4v) is 2.75. The van der Waals surface area contributed by atoms with Gasteiger partial charge in [0.25, 0.3) is 0 Å². The van der Waals surface area contributed by atoms with E-state index >= 15 is 0 Å². The van der Waals surface area contributed by atoms with E-state index in [9.17, 15) is 8.78 Å². The van der Waals surface area contributed by atoms with Crippen molar-refractivity contribution in [2.24, 2.45) is 20.0 Å². The molecule has 2 aliphatic heterocycles. The van der Waals surface area contributed by atoms with Gasteiger partial charge >= 0.3 is 0 Å². The van der Waals surface area contributed by atoms with Crippen molar-refractivity contribution in [2.75, 3.05) is 19.1 Å². The maximum Gasteiger partial charge on any atom is 0.158 e. The summed E-state index contributed by atoms with van der Waals surface area (Å²) in [5, 5.41) is 1.44. The summed E-state index contributed by atoms with van der Waals surface area (Å²) in [7, 11) is 0. The molecule has 0 aliphatic carbocycles. The molecular formula is C13H9F2N5. The molecule has 0 saturated carbocycles. The molecule has 0 bridgehead atoms. The van der Waals surface area contributed by atoms with E-state index in [1.54, 1.807) is 6.92 Å². The first-order valence-corrected chi connectivity index (χ1v) is 6.08. The predicted molar refractivity (Wildman–Crippen MR) is 67.4 cm³/mol. The van der Waals surface area contributed by atoms with E-state index in [0.29, 0.717) is 21.6 Å². The van der Waals surface area contributed by atoms with Gasteiger partial charge in [0, 0.05) is 5.56 Å². The summed E-state index contributed by atoms with van der Waals surface area (Å²) >= 11 is 0. The molecule has 2 aromatic carbocycles. The van der Waals surface area contributed by atoms with Crippen molar-refractivity contribution >= 4 is 16.5 Å². The fraction of sp³-hybridized carbons (Fsp3) is 0.231. The smallest absolute Gasteiger partial charge is 0.158 e. The summed E-state index contributed by atoms with van der Waals surface area (Å²) in [5.74, 6) is -1.23. The average molecular weight is 273 g/mol. The van der Waals surface area contributed by atoms with Gasteiger partial charge in [0.15, 0.2) is 5.82 Å². The number of anilines is 1. The van der Waals surface area contributed by atoms with E-state index in [4.69, 9.17) is 5.73 Å². The molecule has 0 fully saturated rings. The van der Waals surface area contributed by atoms with E-state index in [2.05, 4.69) is 20.0 Å². The highest BCUT2D eigenvalue weighted by atomic mass is 19.1. The normalized spacial score (nSPS) is 15.2. The molecule has 0 amide bonds. The standard InChI is InChI=1S/C13H9F2N5/c1-4-7(14)5-6(11-10(4)17-2-18-11)8(15)9(16)13-12(5)19-3-20-13/h2-3,16H2,1H3. The van der Waals surface area contributed by atoms with Gasteiger partial charge in [-0.2, -0.15) is 0 Å². The van der Waals surface area contributed by atoms with Crippen LogP contribution in [0.4, 0.5) is 14.5 Å². The van der Waals surface area contributed by atoms with Crippen molar-refractivity contribution < 1.29 is 8.78 Å². The number of fused-ring (bicyclic) bond motifs is 5. The van der Waals surface area contributed by atoms with Crippen LogP contribution in [-0.4, -0.2) is 13.3 Å². The van der Waals surface area contributed by atoms with Crippen molar-refractivity contribution in [1.29, 1.82) is 0 Å². The maximum atomic E-state index is 14.6. The van der Waals surface area contributed by atoms with E-state index < -0.39 is 11.6 Å². The summed E-state index contributed by atoms with van der Waals surface area (Å²) in [6, 6.07) is 0. The summed E-state index contributed by atoms with van der Waals surface area (Å²) in [4.78, 5) is 16.4. The van der Waals surface area contributed by atoms with Crippen LogP contribution in [0.1, 0.15) is 5.56 Å². The molecule has 7 heteroatoms. The van der Waals surface area contributed by atoms with Gasteiger partial charge in [-0.15, -0.1) is 0 Å². The number of hydrogen-bond acceptors (Lipinski definition) is 5. The lowest BCUT2D eigenvalue weighted by Crippen LogP contribution is -2.35. The van der Waals surface area contributed by atoms with E-state index in [1.807, 2.05) is 0 Å². The lowest BCUT2D eigenvalue weighted by Gasteiger charge is -2.06. The molecule has 100 valence electrons. The molecule has 2 N–H and O–H groups in total. The van der Waals surface area contributed by atoms with Crippen LogP contribution in [0, 0.1) is 18.6 Å².